The van der Waals surface area contributed by atoms with E-state index in [1.807, 2.05) is 74.5 Å². The van der Waals surface area contributed by atoms with E-state index >= 15 is 0 Å². The first-order valence-corrected chi connectivity index (χ1v) is 8.20. The van der Waals surface area contributed by atoms with Gasteiger partial charge in [0.25, 0.3) is 5.56 Å². The normalized spacial score (nSPS) is 12.0. The summed E-state index contributed by atoms with van der Waals surface area (Å²) in [4.78, 5) is 25.4. The first-order chi connectivity index (χ1) is 12.0. The predicted molar refractivity (Wildman–Crippen MR) is 99.2 cm³/mol. The lowest BCUT2D eigenvalue weighted by Crippen LogP contribution is -2.25. The highest BCUT2D eigenvalue weighted by Gasteiger charge is 2.21. The smallest absolute Gasteiger partial charge is 0.295 e. The van der Waals surface area contributed by atoms with Gasteiger partial charge < -0.3 is 5.32 Å². The van der Waals surface area contributed by atoms with Crippen molar-refractivity contribution in [2.75, 3.05) is 5.32 Å². The van der Waals surface area contributed by atoms with Crippen LogP contribution >= 0.6 is 0 Å². The van der Waals surface area contributed by atoms with Gasteiger partial charge in [0.2, 0.25) is 5.91 Å². The van der Waals surface area contributed by atoms with Gasteiger partial charge in [-0.2, -0.15) is 0 Å². The van der Waals surface area contributed by atoms with Crippen molar-refractivity contribution in [2.24, 2.45) is 7.05 Å². The van der Waals surface area contributed by atoms with Crippen LogP contribution in [0.2, 0.25) is 0 Å². The number of benzene rings is 2. The fraction of sp³-hybridized carbons (Fsp3) is 0.200. The lowest BCUT2D eigenvalue weighted by atomic mass is 10.0. The van der Waals surface area contributed by atoms with Crippen molar-refractivity contribution in [3.8, 4) is 5.69 Å². The molecule has 0 fully saturated rings. The van der Waals surface area contributed by atoms with E-state index in [1.165, 1.54) is 0 Å². The molecule has 3 rings (SSSR count). The summed E-state index contributed by atoms with van der Waals surface area (Å²) in [6, 6.07) is 18.9. The number of nitrogens with zero attached hydrogens (tertiary/aromatic N) is 2. The minimum Gasteiger partial charge on any atom is -0.319 e. The first kappa shape index (κ1) is 16.8. The Balaban J connectivity index is 1.94. The Kier molecular flexibility index (Phi) is 4.57. The van der Waals surface area contributed by atoms with Crippen molar-refractivity contribution >= 4 is 11.6 Å². The van der Waals surface area contributed by atoms with Crippen molar-refractivity contribution in [3.05, 3.63) is 82.3 Å². The van der Waals surface area contributed by atoms with Crippen LogP contribution in [0, 0.1) is 6.92 Å². The quantitative estimate of drug-likeness (QED) is 0.796. The molecule has 1 atom stereocenters. The lowest BCUT2D eigenvalue weighted by Gasteiger charge is -2.11. The maximum atomic E-state index is 12.8. The van der Waals surface area contributed by atoms with Crippen LogP contribution in [-0.2, 0) is 11.8 Å². The summed E-state index contributed by atoms with van der Waals surface area (Å²) in [6.07, 6.45) is 0. The number of hydrogen-bond donors (Lipinski definition) is 1. The third-order valence-electron chi connectivity index (χ3n) is 4.50. The minimum absolute atomic E-state index is 0.197. The van der Waals surface area contributed by atoms with E-state index in [0.29, 0.717) is 11.4 Å². The molecule has 25 heavy (non-hydrogen) atoms. The summed E-state index contributed by atoms with van der Waals surface area (Å²) >= 11 is 0. The zero-order valence-corrected chi connectivity index (χ0v) is 14.6. The molecule has 0 aliphatic heterocycles. The van der Waals surface area contributed by atoms with Crippen LogP contribution in [0.3, 0.4) is 0 Å². The highest BCUT2D eigenvalue weighted by Crippen LogP contribution is 2.19. The second-order valence-corrected chi connectivity index (χ2v) is 6.06. The second kappa shape index (κ2) is 6.81. The van der Waals surface area contributed by atoms with Crippen molar-refractivity contribution < 1.29 is 4.79 Å². The van der Waals surface area contributed by atoms with Gasteiger partial charge in [-0.25, -0.2) is 4.68 Å². The van der Waals surface area contributed by atoms with Crippen molar-refractivity contribution in [2.45, 2.75) is 19.8 Å². The molecule has 5 nitrogen and oxygen atoms in total. The third kappa shape index (κ3) is 3.13. The second-order valence-electron chi connectivity index (χ2n) is 6.06. The average Bonchev–Trinajstić information content (AvgIpc) is 2.86. The molecule has 0 unspecified atom stereocenters. The highest BCUT2D eigenvalue weighted by atomic mass is 16.2. The standard InChI is InChI=1S/C20H21N3O2/c1-14(16-10-6-4-7-11-16)19(24)21-18-15(2)22(3)23(20(18)25)17-12-8-5-9-13-17/h4-14H,1-3H3,(H,21,24)/t14-/m1/s1. The number of amides is 1. The molecule has 0 bridgehead atoms. The van der Waals surface area contributed by atoms with Crippen LogP contribution in [0.5, 0.6) is 0 Å². The molecule has 0 aliphatic rings. The molecule has 0 saturated heterocycles. The molecule has 1 amide bonds. The number of hydrogen-bond acceptors (Lipinski definition) is 2. The van der Waals surface area contributed by atoms with Crippen molar-refractivity contribution in [1.82, 2.24) is 9.36 Å². The summed E-state index contributed by atoms with van der Waals surface area (Å²) in [7, 11) is 1.81. The molecular formula is C20H21N3O2. The Bertz CT molecular complexity index is 940. The summed E-state index contributed by atoms with van der Waals surface area (Å²) in [5.41, 5.74) is 2.47. The Morgan fingerprint density at radius 3 is 2.16 bits per heavy atom. The van der Waals surface area contributed by atoms with Gasteiger partial charge >= 0.3 is 0 Å². The molecule has 2 aromatic carbocycles. The zero-order chi connectivity index (χ0) is 18.0. The number of nitrogens with one attached hydrogen (secondary N) is 1. The van der Waals surface area contributed by atoms with Gasteiger partial charge in [-0.3, -0.25) is 14.3 Å². The molecule has 0 spiro atoms. The molecule has 1 heterocycles. The van der Waals surface area contributed by atoms with E-state index in [-0.39, 0.29) is 17.4 Å². The Morgan fingerprint density at radius 1 is 1.00 bits per heavy atom. The number of carbonyl (C=O) groups is 1. The number of carbonyl (C=O) groups excluding carboxylic acids is 1. The monoisotopic (exact) mass is 335 g/mol. The number of anilines is 1. The number of para-hydroxylation sites is 1. The zero-order valence-electron chi connectivity index (χ0n) is 14.6. The number of aromatic nitrogens is 2. The summed E-state index contributed by atoms with van der Waals surface area (Å²) in [5, 5.41) is 2.81. The van der Waals surface area contributed by atoms with Gasteiger partial charge in [-0.15, -0.1) is 0 Å². The van der Waals surface area contributed by atoms with Crippen LogP contribution in [-0.4, -0.2) is 15.3 Å². The van der Waals surface area contributed by atoms with Gasteiger partial charge in [0.05, 0.1) is 17.3 Å². The van der Waals surface area contributed by atoms with E-state index in [2.05, 4.69) is 5.32 Å². The van der Waals surface area contributed by atoms with E-state index in [4.69, 9.17) is 0 Å². The largest absolute Gasteiger partial charge is 0.319 e. The Labute approximate surface area is 146 Å². The van der Waals surface area contributed by atoms with Gasteiger partial charge in [-0.1, -0.05) is 48.5 Å². The fourth-order valence-corrected chi connectivity index (χ4v) is 2.84. The van der Waals surface area contributed by atoms with Crippen molar-refractivity contribution in [1.29, 1.82) is 0 Å². The molecule has 0 saturated carbocycles. The van der Waals surface area contributed by atoms with Gasteiger partial charge in [0, 0.05) is 7.05 Å². The topological polar surface area (TPSA) is 56.0 Å². The molecule has 128 valence electrons. The van der Waals surface area contributed by atoms with Gasteiger partial charge in [0.1, 0.15) is 5.69 Å². The van der Waals surface area contributed by atoms with E-state index in [1.54, 1.807) is 16.4 Å². The average molecular weight is 335 g/mol. The van der Waals surface area contributed by atoms with Crippen LogP contribution < -0.4 is 10.9 Å². The fourth-order valence-electron chi connectivity index (χ4n) is 2.84. The molecule has 0 radical (unpaired) electrons. The highest BCUT2D eigenvalue weighted by molar-refractivity contribution is 5.95. The molecule has 5 heteroatoms. The van der Waals surface area contributed by atoms with Crippen LogP contribution in [0.4, 0.5) is 5.69 Å². The summed E-state index contributed by atoms with van der Waals surface area (Å²) < 4.78 is 3.30. The molecule has 3 aromatic rings. The van der Waals surface area contributed by atoms with E-state index < -0.39 is 0 Å². The molecule has 1 N–H and O–H groups in total. The van der Waals surface area contributed by atoms with Gasteiger partial charge in [0.15, 0.2) is 0 Å². The Morgan fingerprint density at radius 2 is 1.56 bits per heavy atom. The van der Waals surface area contributed by atoms with Gasteiger partial charge in [-0.05, 0) is 31.5 Å². The Hall–Kier alpha value is -3.08. The predicted octanol–water partition coefficient (Wildman–Crippen LogP) is 3.23. The molecule has 1 aromatic heterocycles. The van der Waals surface area contributed by atoms with E-state index in [9.17, 15) is 9.59 Å². The minimum atomic E-state index is -0.342. The van der Waals surface area contributed by atoms with Crippen LogP contribution in [0.15, 0.2) is 65.5 Å². The SMILES string of the molecule is Cc1c(NC(=O)[C@H](C)c2ccccc2)c(=O)n(-c2ccccc2)n1C. The van der Waals surface area contributed by atoms with E-state index in [0.717, 1.165) is 11.3 Å². The number of rotatable bonds is 4. The first-order valence-electron chi connectivity index (χ1n) is 8.20. The third-order valence-corrected chi connectivity index (χ3v) is 4.50. The summed E-state index contributed by atoms with van der Waals surface area (Å²) in [6.45, 7) is 3.66. The van der Waals surface area contributed by atoms with Crippen LogP contribution in [0.25, 0.3) is 5.69 Å². The van der Waals surface area contributed by atoms with Crippen molar-refractivity contribution in [3.63, 3.8) is 0 Å². The van der Waals surface area contributed by atoms with Crippen LogP contribution in [0.1, 0.15) is 24.1 Å². The maximum Gasteiger partial charge on any atom is 0.295 e. The maximum absolute atomic E-state index is 12.8. The molecule has 0 aliphatic carbocycles. The lowest BCUT2D eigenvalue weighted by molar-refractivity contribution is -0.117. The summed E-state index contributed by atoms with van der Waals surface area (Å²) in [5.74, 6) is -0.539. The molecular weight excluding hydrogens is 314 g/mol.